The normalized spacial score (nSPS) is 15.0. The minimum atomic E-state index is -1.15. The average Bonchev–Trinajstić information content (AvgIpc) is 3.33. The number of rotatable bonds is 13. The number of nitrogens with one attached hydrogen (secondary N) is 4. The number of carboxylic acid groups (broad SMARTS) is 1. The molecule has 5 atom stereocenters. The molecule has 39 heavy (non-hydrogen) atoms. The predicted octanol–water partition coefficient (Wildman–Crippen LogP) is 1.89. The van der Waals surface area contributed by atoms with Gasteiger partial charge < -0.3 is 31.8 Å². The molecule has 0 radical (unpaired) electrons. The lowest BCUT2D eigenvalue weighted by atomic mass is 9.99. The van der Waals surface area contributed by atoms with E-state index in [9.17, 15) is 24.3 Å². The van der Waals surface area contributed by atoms with Gasteiger partial charge in [0.05, 0.1) is 6.04 Å². The molecule has 0 saturated carbocycles. The van der Waals surface area contributed by atoms with Crippen LogP contribution in [0.1, 0.15) is 38.3 Å². The van der Waals surface area contributed by atoms with Gasteiger partial charge in [0.1, 0.15) is 18.1 Å². The van der Waals surface area contributed by atoms with Gasteiger partial charge in [0.2, 0.25) is 17.7 Å². The van der Waals surface area contributed by atoms with Crippen LogP contribution in [0.5, 0.6) is 0 Å². The van der Waals surface area contributed by atoms with Crippen molar-refractivity contribution in [3.8, 4) is 0 Å². The fraction of sp³-hybridized carbons (Fsp3) is 0.379. The van der Waals surface area contributed by atoms with E-state index in [0.717, 1.165) is 22.0 Å². The van der Waals surface area contributed by atoms with E-state index < -0.39 is 47.9 Å². The topological polar surface area (TPSA) is 166 Å². The smallest absolute Gasteiger partial charge is 0.326 e. The molecule has 208 valence electrons. The Bertz CT molecular complexity index is 1290. The molecule has 0 spiro atoms. The monoisotopic (exact) mass is 535 g/mol. The van der Waals surface area contributed by atoms with Crippen LogP contribution in [0, 0.1) is 5.92 Å². The molecule has 0 aliphatic heterocycles. The lowest BCUT2D eigenvalue weighted by Gasteiger charge is -2.25. The number of hydrogen-bond acceptors (Lipinski definition) is 5. The molecule has 7 N–H and O–H groups in total. The molecule has 0 bridgehead atoms. The van der Waals surface area contributed by atoms with E-state index in [1.54, 1.807) is 13.1 Å². The molecule has 1 aromatic heterocycles. The van der Waals surface area contributed by atoms with E-state index in [2.05, 4.69) is 20.9 Å². The summed E-state index contributed by atoms with van der Waals surface area (Å²) in [5.74, 6) is -3.16. The van der Waals surface area contributed by atoms with Crippen LogP contribution in [-0.4, -0.2) is 57.9 Å². The number of H-pyrrole nitrogens is 1. The number of aromatic amines is 1. The molecule has 10 heteroatoms. The second-order valence-electron chi connectivity index (χ2n) is 9.86. The van der Waals surface area contributed by atoms with Crippen molar-refractivity contribution in [3.63, 3.8) is 0 Å². The summed E-state index contributed by atoms with van der Waals surface area (Å²) in [5, 5.41) is 18.3. The Labute approximate surface area is 227 Å². The zero-order valence-corrected chi connectivity index (χ0v) is 22.4. The maximum absolute atomic E-state index is 13.4. The Morgan fingerprint density at radius 1 is 0.872 bits per heavy atom. The molecule has 3 amide bonds. The molecular formula is C29H37N5O5. The number of aromatic nitrogens is 1. The van der Waals surface area contributed by atoms with Crippen LogP contribution < -0.4 is 21.7 Å². The minimum Gasteiger partial charge on any atom is -0.480 e. The second-order valence-corrected chi connectivity index (χ2v) is 9.86. The Kier molecular flexibility index (Phi) is 10.2. The van der Waals surface area contributed by atoms with Gasteiger partial charge in [0.25, 0.3) is 0 Å². The fourth-order valence-electron chi connectivity index (χ4n) is 4.31. The third-order valence-corrected chi connectivity index (χ3v) is 6.90. The molecule has 3 aromatic rings. The number of carbonyl (C=O) groups excluding carboxylic acids is 3. The molecule has 3 rings (SSSR count). The third-order valence-electron chi connectivity index (χ3n) is 6.90. The molecule has 2 aromatic carbocycles. The van der Waals surface area contributed by atoms with Gasteiger partial charge >= 0.3 is 5.97 Å². The molecule has 0 aliphatic rings. The first-order valence-electron chi connectivity index (χ1n) is 13.1. The molecule has 0 fully saturated rings. The van der Waals surface area contributed by atoms with Crippen LogP contribution in [-0.2, 0) is 32.0 Å². The summed E-state index contributed by atoms with van der Waals surface area (Å²) in [6, 6.07) is 12.9. The SMILES string of the molecule is CCC(C)C(NC(=O)C(C)NC(=O)C(Cc1c[nH]c2ccccc12)NC(=O)C(N)Cc1ccccc1)C(=O)O. The molecular weight excluding hydrogens is 498 g/mol. The number of nitrogens with two attached hydrogens (primary N) is 1. The van der Waals surface area contributed by atoms with Crippen LogP contribution in [0.4, 0.5) is 0 Å². The molecule has 5 unspecified atom stereocenters. The van der Waals surface area contributed by atoms with Gasteiger partial charge in [-0.3, -0.25) is 14.4 Å². The highest BCUT2D eigenvalue weighted by Crippen LogP contribution is 2.19. The quantitative estimate of drug-likeness (QED) is 0.195. The van der Waals surface area contributed by atoms with Gasteiger partial charge in [-0.15, -0.1) is 0 Å². The van der Waals surface area contributed by atoms with Crippen LogP contribution in [0.3, 0.4) is 0 Å². The van der Waals surface area contributed by atoms with E-state index in [4.69, 9.17) is 5.73 Å². The van der Waals surface area contributed by atoms with E-state index in [0.29, 0.717) is 12.8 Å². The highest BCUT2D eigenvalue weighted by Gasteiger charge is 2.30. The number of fused-ring (bicyclic) bond motifs is 1. The lowest BCUT2D eigenvalue weighted by Crippen LogP contribution is -2.57. The van der Waals surface area contributed by atoms with Crippen LogP contribution in [0.15, 0.2) is 60.8 Å². The zero-order chi connectivity index (χ0) is 28.5. The van der Waals surface area contributed by atoms with Crippen molar-refractivity contribution in [1.29, 1.82) is 0 Å². The molecule has 10 nitrogen and oxygen atoms in total. The Hall–Kier alpha value is -4.18. The molecule has 0 saturated heterocycles. The fourth-order valence-corrected chi connectivity index (χ4v) is 4.31. The van der Waals surface area contributed by atoms with Gasteiger partial charge in [-0.25, -0.2) is 4.79 Å². The van der Waals surface area contributed by atoms with Gasteiger partial charge in [0, 0.05) is 23.5 Å². The Balaban J connectivity index is 1.75. The largest absolute Gasteiger partial charge is 0.480 e. The van der Waals surface area contributed by atoms with Crippen molar-refractivity contribution in [2.75, 3.05) is 0 Å². The number of amides is 3. The first-order valence-corrected chi connectivity index (χ1v) is 13.1. The van der Waals surface area contributed by atoms with E-state index in [1.807, 2.05) is 61.5 Å². The van der Waals surface area contributed by atoms with Crippen LogP contribution >= 0.6 is 0 Å². The van der Waals surface area contributed by atoms with Crippen molar-refractivity contribution in [2.24, 2.45) is 11.7 Å². The summed E-state index contributed by atoms with van der Waals surface area (Å²) < 4.78 is 0. The van der Waals surface area contributed by atoms with E-state index in [-0.39, 0.29) is 12.3 Å². The van der Waals surface area contributed by atoms with E-state index in [1.165, 1.54) is 6.92 Å². The number of aliphatic carboxylic acids is 1. The highest BCUT2D eigenvalue weighted by atomic mass is 16.4. The summed E-state index contributed by atoms with van der Waals surface area (Å²) in [6.45, 7) is 5.03. The minimum absolute atomic E-state index is 0.151. The summed E-state index contributed by atoms with van der Waals surface area (Å²) in [6.07, 6.45) is 2.78. The van der Waals surface area contributed by atoms with Gasteiger partial charge in [-0.2, -0.15) is 0 Å². The predicted molar refractivity (Wildman–Crippen MR) is 149 cm³/mol. The summed E-state index contributed by atoms with van der Waals surface area (Å²) in [5.41, 5.74) is 8.75. The standard InChI is InChI=1S/C29H37N5O5/c1-4-17(2)25(29(38)39)34-26(35)18(3)32-28(37)24(15-20-16-31-23-13-9-8-12-21(20)23)33-27(36)22(30)14-19-10-6-5-7-11-19/h5-13,16-18,22,24-25,31H,4,14-15,30H2,1-3H3,(H,32,37)(H,33,36)(H,34,35)(H,38,39). The first kappa shape index (κ1) is 29.4. The number of hydrogen-bond donors (Lipinski definition) is 6. The van der Waals surface area contributed by atoms with Crippen LogP contribution in [0.25, 0.3) is 10.9 Å². The van der Waals surface area contributed by atoms with Gasteiger partial charge in [0.15, 0.2) is 0 Å². The zero-order valence-electron chi connectivity index (χ0n) is 22.4. The maximum atomic E-state index is 13.4. The van der Waals surface area contributed by atoms with Crippen molar-refractivity contribution in [3.05, 3.63) is 71.9 Å². The van der Waals surface area contributed by atoms with Gasteiger partial charge in [-0.05, 0) is 36.5 Å². The molecule has 0 aliphatic carbocycles. The van der Waals surface area contributed by atoms with Crippen LogP contribution in [0.2, 0.25) is 0 Å². The highest BCUT2D eigenvalue weighted by molar-refractivity contribution is 5.94. The summed E-state index contributed by atoms with van der Waals surface area (Å²) >= 11 is 0. The third kappa shape index (κ3) is 7.90. The average molecular weight is 536 g/mol. The van der Waals surface area contributed by atoms with E-state index >= 15 is 0 Å². The lowest BCUT2D eigenvalue weighted by molar-refractivity contribution is -0.143. The second kappa shape index (κ2) is 13.6. The van der Waals surface area contributed by atoms with Gasteiger partial charge in [-0.1, -0.05) is 68.8 Å². The first-order chi connectivity index (χ1) is 18.6. The maximum Gasteiger partial charge on any atom is 0.326 e. The Morgan fingerprint density at radius 3 is 2.21 bits per heavy atom. The van der Waals surface area contributed by atoms with Crippen molar-refractivity contribution in [2.45, 2.75) is 64.2 Å². The number of para-hydroxylation sites is 1. The van der Waals surface area contributed by atoms with Crippen molar-refractivity contribution < 1.29 is 24.3 Å². The number of benzene rings is 2. The number of carbonyl (C=O) groups is 4. The number of carboxylic acids is 1. The van der Waals surface area contributed by atoms with Crippen molar-refractivity contribution in [1.82, 2.24) is 20.9 Å². The molecule has 1 heterocycles. The summed E-state index contributed by atoms with van der Waals surface area (Å²) in [4.78, 5) is 54.0. The Morgan fingerprint density at radius 2 is 1.54 bits per heavy atom. The summed E-state index contributed by atoms with van der Waals surface area (Å²) in [7, 11) is 0. The van der Waals surface area contributed by atoms with Crippen molar-refractivity contribution >= 4 is 34.6 Å².